The predicted molar refractivity (Wildman–Crippen MR) is 145 cm³/mol. The lowest BCUT2D eigenvalue weighted by atomic mass is 9.91. The molecule has 0 fully saturated rings. The summed E-state index contributed by atoms with van der Waals surface area (Å²) in [5.74, 6) is 2.00. The van der Waals surface area contributed by atoms with E-state index in [0.717, 1.165) is 66.0 Å². The molecule has 0 radical (unpaired) electrons. The summed E-state index contributed by atoms with van der Waals surface area (Å²) in [6, 6.07) is 16.8. The normalized spacial score (nSPS) is 16.4. The molecular weight excluding hydrogens is 478 g/mol. The van der Waals surface area contributed by atoms with Gasteiger partial charge >= 0.3 is 5.97 Å². The second-order valence-electron chi connectivity index (χ2n) is 10.6. The number of carbonyl (C=O) groups is 1. The van der Waals surface area contributed by atoms with Crippen molar-refractivity contribution in [2.24, 2.45) is 0 Å². The Morgan fingerprint density at radius 1 is 1.08 bits per heavy atom. The minimum atomic E-state index is -0.546. The highest BCUT2D eigenvalue weighted by Gasteiger charge is 2.30. The number of rotatable bonds is 7. The molecule has 0 saturated carbocycles. The van der Waals surface area contributed by atoms with E-state index in [1.165, 1.54) is 5.56 Å². The number of aromatic amines is 1. The van der Waals surface area contributed by atoms with Crippen molar-refractivity contribution in [3.63, 3.8) is 0 Å². The zero-order valence-corrected chi connectivity index (χ0v) is 22.3. The third-order valence-corrected chi connectivity index (χ3v) is 6.64. The Kier molecular flexibility index (Phi) is 7.18. The van der Waals surface area contributed by atoms with Crippen molar-refractivity contribution in [1.29, 1.82) is 0 Å². The van der Waals surface area contributed by atoms with E-state index >= 15 is 0 Å². The van der Waals surface area contributed by atoms with E-state index in [4.69, 9.17) is 4.74 Å². The maximum Gasteiger partial charge on any atom is 0.331 e. The van der Waals surface area contributed by atoms with Crippen LogP contribution in [0.4, 0.5) is 0 Å². The zero-order chi connectivity index (χ0) is 26.7. The van der Waals surface area contributed by atoms with E-state index in [1.807, 2.05) is 39.0 Å². The number of hydrogen-bond acceptors (Lipinski definition) is 7. The number of aromatic nitrogens is 7. The second-order valence-corrected chi connectivity index (χ2v) is 10.6. The number of fused-ring (bicyclic) bond motifs is 1. The fourth-order valence-electron chi connectivity index (χ4n) is 4.93. The van der Waals surface area contributed by atoms with Gasteiger partial charge in [-0.15, -0.1) is 15.3 Å². The highest BCUT2D eigenvalue weighted by atomic mass is 16.6. The molecule has 5 rings (SSSR count). The molecular formula is C29H33N7O2. The first kappa shape index (κ1) is 25.5. The minimum absolute atomic E-state index is 0.0883. The van der Waals surface area contributed by atoms with Gasteiger partial charge in [0.15, 0.2) is 11.6 Å². The van der Waals surface area contributed by atoms with Crippen LogP contribution in [-0.2, 0) is 16.0 Å². The van der Waals surface area contributed by atoms with Crippen molar-refractivity contribution in [2.45, 2.75) is 71.4 Å². The van der Waals surface area contributed by atoms with Gasteiger partial charge in [-0.1, -0.05) is 61.9 Å². The molecule has 196 valence electrons. The molecule has 0 aliphatic carbocycles. The summed E-state index contributed by atoms with van der Waals surface area (Å²) >= 11 is 0. The molecule has 1 atom stereocenters. The Morgan fingerprint density at radius 2 is 1.84 bits per heavy atom. The highest BCUT2D eigenvalue weighted by molar-refractivity contribution is 5.91. The maximum atomic E-state index is 12.6. The number of ether oxygens (including phenoxy) is 1. The number of tetrazole rings is 1. The van der Waals surface area contributed by atoms with Crippen LogP contribution in [-0.4, -0.2) is 47.0 Å². The standard InChI is InChI=1S/C29H33N7O2/c1-5-6-11-25-30-33-28-21(18-26(37)38-29(2,3)4)16-17-24(36(25)28)20-14-12-19(13-15-20)22-9-7-8-10-23(22)27-31-34-35-32-27/h7-10,12-15,18,24H,5-6,11,16-17H2,1-4H3,(H,31,32,34,35)/b21-18+. The van der Waals surface area contributed by atoms with Crippen LogP contribution < -0.4 is 0 Å². The molecule has 9 heteroatoms. The number of benzene rings is 2. The average molecular weight is 512 g/mol. The molecule has 1 unspecified atom stereocenters. The van der Waals surface area contributed by atoms with Crippen LogP contribution in [0.5, 0.6) is 0 Å². The van der Waals surface area contributed by atoms with Gasteiger partial charge < -0.3 is 9.30 Å². The van der Waals surface area contributed by atoms with E-state index in [-0.39, 0.29) is 12.0 Å². The van der Waals surface area contributed by atoms with E-state index in [0.29, 0.717) is 5.82 Å². The van der Waals surface area contributed by atoms with Gasteiger partial charge in [0.1, 0.15) is 11.4 Å². The van der Waals surface area contributed by atoms with Gasteiger partial charge in [0.25, 0.3) is 0 Å². The number of hydrogen-bond donors (Lipinski definition) is 1. The SMILES string of the molecule is CCCCc1nnc2n1C(c1ccc(-c3ccccc3-c3nnn[nH]3)cc1)CC/C2=C\C(=O)OC(C)(C)C. The highest BCUT2D eigenvalue weighted by Crippen LogP contribution is 2.38. The Hall–Kier alpha value is -4.14. The van der Waals surface area contributed by atoms with Crippen LogP contribution in [0.25, 0.3) is 28.1 Å². The maximum absolute atomic E-state index is 12.6. The van der Waals surface area contributed by atoms with Crippen LogP contribution in [0.2, 0.25) is 0 Å². The first-order valence-corrected chi connectivity index (χ1v) is 13.1. The van der Waals surface area contributed by atoms with Crippen molar-refractivity contribution in [3.05, 3.63) is 71.8 Å². The molecule has 0 saturated heterocycles. The molecule has 4 aromatic rings. The van der Waals surface area contributed by atoms with Gasteiger partial charge in [-0.2, -0.15) is 0 Å². The topological polar surface area (TPSA) is 111 Å². The third-order valence-electron chi connectivity index (χ3n) is 6.64. The van der Waals surface area contributed by atoms with Crippen LogP contribution >= 0.6 is 0 Å². The van der Waals surface area contributed by atoms with Crippen LogP contribution in [0, 0.1) is 0 Å². The quantitative estimate of drug-likeness (QED) is 0.255. The smallest absolute Gasteiger partial charge is 0.331 e. The molecule has 2 aromatic heterocycles. The molecule has 0 bridgehead atoms. The Labute approximate surface area is 222 Å². The van der Waals surface area contributed by atoms with Gasteiger partial charge in [0, 0.05) is 23.6 Å². The number of unbranched alkanes of at least 4 members (excludes halogenated alkanes) is 1. The van der Waals surface area contributed by atoms with Crippen molar-refractivity contribution in [3.8, 4) is 22.5 Å². The average Bonchev–Trinajstić information content (AvgIpc) is 3.58. The largest absolute Gasteiger partial charge is 0.457 e. The molecule has 0 amide bonds. The summed E-state index contributed by atoms with van der Waals surface area (Å²) in [7, 11) is 0. The molecule has 1 aliphatic heterocycles. The fraction of sp³-hybridized carbons (Fsp3) is 0.379. The van der Waals surface area contributed by atoms with Crippen LogP contribution in [0.1, 0.15) is 76.6 Å². The summed E-state index contributed by atoms with van der Waals surface area (Å²) in [6.07, 6.45) is 6.10. The fourth-order valence-corrected chi connectivity index (χ4v) is 4.93. The van der Waals surface area contributed by atoms with Gasteiger partial charge in [-0.25, -0.2) is 9.89 Å². The van der Waals surface area contributed by atoms with Crippen LogP contribution in [0.3, 0.4) is 0 Å². The van der Waals surface area contributed by atoms with E-state index in [9.17, 15) is 4.79 Å². The Bertz CT molecular complexity index is 1430. The minimum Gasteiger partial charge on any atom is -0.457 e. The second kappa shape index (κ2) is 10.7. The number of esters is 1. The first-order chi connectivity index (χ1) is 18.3. The number of carbonyl (C=O) groups excluding carboxylic acids is 1. The van der Waals surface area contributed by atoms with Crippen molar-refractivity contribution >= 4 is 11.5 Å². The lowest BCUT2D eigenvalue weighted by Crippen LogP contribution is -2.24. The summed E-state index contributed by atoms with van der Waals surface area (Å²) in [6.45, 7) is 7.78. The van der Waals surface area contributed by atoms with Gasteiger partial charge in [-0.05, 0) is 67.2 Å². The van der Waals surface area contributed by atoms with E-state index in [1.54, 1.807) is 6.08 Å². The third kappa shape index (κ3) is 5.41. The number of H-pyrrole nitrogens is 1. The van der Waals surface area contributed by atoms with Crippen molar-refractivity contribution < 1.29 is 9.53 Å². The molecule has 3 heterocycles. The number of allylic oxidation sites excluding steroid dienone is 1. The Morgan fingerprint density at radius 3 is 2.53 bits per heavy atom. The predicted octanol–water partition coefficient (Wildman–Crippen LogP) is 5.58. The van der Waals surface area contributed by atoms with Crippen LogP contribution in [0.15, 0.2) is 54.6 Å². The first-order valence-electron chi connectivity index (χ1n) is 13.1. The lowest BCUT2D eigenvalue weighted by Gasteiger charge is -2.28. The summed E-state index contributed by atoms with van der Waals surface area (Å²) in [4.78, 5) is 12.6. The van der Waals surface area contributed by atoms with E-state index < -0.39 is 5.60 Å². The summed E-state index contributed by atoms with van der Waals surface area (Å²) in [5, 5.41) is 23.5. The molecule has 2 aromatic carbocycles. The number of nitrogens with one attached hydrogen (secondary N) is 1. The van der Waals surface area contributed by atoms with Gasteiger partial charge in [0.2, 0.25) is 0 Å². The zero-order valence-electron chi connectivity index (χ0n) is 22.3. The number of nitrogens with zero attached hydrogens (tertiary/aromatic N) is 6. The summed E-state index contributed by atoms with van der Waals surface area (Å²) < 4.78 is 7.76. The van der Waals surface area contributed by atoms with Gasteiger partial charge in [0.05, 0.1) is 6.04 Å². The lowest BCUT2D eigenvalue weighted by molar-refractivity contribution is -0.148. The summed E-state index contributed by atoms with van der Waals surface area (Å²) in [5.41, 5.74) is 4.59. The van der Waals surface area contributed by atoms with Gasteiger partial charge in [-0.3, -0.25) is 0 Å². The monoisotopic (exact) mass is 511 g/mol. The van der Waals surface area contributed by atoms with Crippen molar-refractivity contribution in [1.82, 2.24) is 35.4 Å². The molecule has 9 nitrogen and oxygen atoms in total. The Balaban J connectivity index is 1.48. The van der Waals surface area contributed by atoms with E-state index in [2.05, 4.69) is 72.6 Å². The van der Waals surface area contributed by atoms with Crippen molar-refractivity contribution in [2.75, 3.05) is 0 Å². The molecule has 38 heavy (non-hydrogen) atoms. The molecule has 1 aliphatic rings. The number of aryl methyl sites for hydroxylation is 1. The molecule has 0 spiro atoms. The molecule has 1 N–H and O–H groups in total.